The molecule has 1 aliphatic heterocycles. The van der Waals surface area contributed by atoms with Crippen molar-refractivity contribution in [3.63, 3.8) is 0 Å². The second-order valence-corrected chi connectivity index (χ2v) is 8.69. The van der Waals surface area contributed by atoms with Crippen LogP contribution < -0.4 is 0 Å². The van der Waals surface area contributed by atoms with Gasteiger partial charge in [0.2, 0.25) is 0 Å². The molecule has 1 aliphatic carbocycles. The molecule has 0 bridgehead atoms. The highest BCUT2D eigenvalue weighted by molar-refractivity contribution is 6.62. The van der Waals surface area contributed by atoms with Crippen LogP contribution in [0.15, 0.2) is 54.0 Å². The van der Waals surface area contributed by atoms with Gasteiger partial charge in [-0.15, -0.1) is 5.47 Å². The Kier molecular flexibility index (Phi) is 5.57. The number of benzene rings is 2. The maximum absolute atomic E-state index is 14.9. The van der Waals surface area contributed by atoms with E-state index >= 15 is 0 Å². The normalized spacial score (nSPS) is 20.7. The van der Waals surface area contributed by atoms with E-state index in [2.05, 4.69) is 0 Å². The van der Waals surface area contributed by atoms with Crippen LogP contribution >= 0.6 is 0 Å². The Labute approximate surface area is 208 Å². The van der Waals surface area contributed by atoms with E-state index in [0.717, 1.165) is 11.1 Å². The summed E-state index contributed by atoms with van der Waals surface area (Å²) >= 11 is 0. The SMILES string of the molecule is [B]C(=C1c2ccccc2C=Cc2ccccc21)C([B])([B])C([B])([B])N1C([B])([B])C([B])(F)C1([B])[B]. The van der Waals surface area contributed by atoms with Gasteiger partial charge >= 0.3 is 0 Å². The van der Waals surface area contributed by atoms with E-state index in [4.69, 9.17) is 78.5 Å². The second-order valence-electron chi connectivity index (χ2n) is 8.69. The quantitative estimate of drug-likeness (QED) is 0.542. The number of alkyl halides is 1. The molecule has 0 saturated carbocycles. The largest absolute Gasteiger partial charge is 0.333 e. The monoisotopic (exact) mass is 405 g/mol. The first kappa shape index (κ1) is 24.6. The number of halogens is 1. The third-order valence-corrected chi connectivity index (χ3v) is 6.56. The predicted octanol–water partition coefficient (Wildman–Crippen LogP) is -0.326. The van der Waals surface area contributed by atoms with Gasteiger partial charge in [-0.1, -0.05) is 71.2 Å². The summed E-state index contributed by atoms with van der Waals surface area (Å²) in [6.07, 6.45) is 3.86. The lowest BCUT2D eigenvalue weighted by molar-refractivity contribution is -0.0944. The zero-order valence-electron chi connectivity index (χ0n) is 17.9. The Hall–Kier alpha value is -1.54. The smallest absolute Gasteiger partial charge is 0.122 e. The van der Waals surface area contributed by atoms with Crippen molar-refractivity contribution in [1.29, 1.82) is 0 Å². The van der Waals surface area contributed by atoms with E-state index < -0.39 is 26.8 Å². The molecule has 136 valence electrons. The highest BCUT2D eigenvalue weighted by Gasteiger charge is 2.69. The summed E-state index contributed by atoms with van der Waals surface area (Å²) in [5, 5.41) is -9.74. The van der Waals surface area contributed by atoms with Gasteiger partial charge in [-0.05, 0) is 38.5 Å². The summed E-state index contributed by atoms with van der Waals surface area (Å²) in [4.78, 5) is 0.632. The summed E-state index contributed by atoms with van der Waals surface area (Å²) in [5.74, 6) is 0. The predicted molar refractivity (Wildman–Crippen MR) is 142 cm³/mol. The number of nitrogens with zero attached hydrogens (tertiary/aromatic N) is 1. The molecule has 1 nitrogen and oxygen atoms in total. The van der Waals surface area contributed by atoms with Crippen molar-refractivity contribution in [3.05, 3.63) is 76.3 Å². The van der Waals surface area contributed by atoms with E-state index in [9.17, 15) is 4.39 Å². The summed E-state index contributed by atoms with van der Waals surface area (Å²) < 4.78 is 14.9. The fourth-order valence-corrected chi connectivity index (χ4v) is 4.47. The molecular formula is C21H10B10FN. The average Bonchev–Trinajstić information content (AvgIpc) is 2.89. The van der Waals surface area contributed by atoms with Crippen molar-refractivity contribution in [3.8, 4) is 0 Å². The molecule has 0 aromatic heterocycles. The fraction of sp³-hybridized carbons (Fsp3) is 0.238. The Morgan fingerprint density at radius 3 is 1.55 bits per heavy atom. The van der Waals surface area contributed by atoms with Crippen molar-refractivity contribution < 1.29 is 4.39 Å². The molecule has 33 heavy (non-hydrogen) atoms. The first-order valence-corrected chi connectivity index (χ1v) is 10.1. The molecule has 0 unspecified atom stereocenters. The van der Waals surface area contributed by atoms with Crippen LogP contribution in [0.3, 0.4) is 0 Å². The molecule has 2 aromatic rings. The van der Waals surface area contributed by atoms with E-state index in [1.165, 1.54) is 0 Å². The molecule has 2 aliphatic rings. The van der Waals surface area contributed by atoms with Gasteiger partial charge in [0, 0.05) is 0 Å². The van der Waals surface area contributed by atoms with Crippen LogP contribution in [-0.4, -0.2) is 105 Å². The first-order chi connectivity index (χ1) is 15.1. The summed E-state index contributed by atoms with van der Waals surface area (Å²) in [7, 11) is 61.2. The second kappa shape index (κ2) is 7.48. The molecule has 1 saturated heterocycles. The molecule has 4 rings (SSSR count). The molecule has 0 N–H and O–H groups in total. The van der Waals surface area contributed by atoms with Crippen LogP contribution in [0.5, 0.6) is 0 Å². The van der Waals surface area contributed by atoms with Crippen LogP contribution in [-0.2, 0) is 0 Å². The third-order valence-electron chi connectivity index (χ3n) is 6.56. The Balaban J connectivity index is 1.96. The summed E-state index contributed by atoms with van der Waals surface area (Å²) in [6, 6.07) is 14.9. The molecule has 0 spiro atoms. The van der Waals surface area contributed by atoms with Gasteiger partial charge in [0.25, 0.3) is 0 Å². The fourth-order valence-electron chi connectivity index (χ4n) is 4.47. The van der Waals surface area contributed by atoms with Crippen LogP contribution in [0, 0.1) is 0 Å². The van der Waals surface area contributed by atoms with Crippen molar-refractivity contribution in [1.82, 2.24) is 4.90 Å². The highest BCUT2D eigenvalue weighted by Crippen LogP contribution is 2.56. The molecular weight excluding hydrogens is 393 g/mol. The van der Waals surface area contributed by atoms with Crippen LogP contribution in [0.4, 0.5) is 4.39 Å². The van der Waals surface area contributed by atoms with E-state index in [0.29, 0.717) is 21.6 Å². The number of fused-ring (bicyclic) bond motifs is 2. The standard InChI is InChI=1S/C21H10B10FN/c22-16(17(23,24)19(26,27)33-20(28,29)18(25,32)21(33,30)31)15-13-7-3-1-5-11(13)9-10-12-6-2-4-8-14(12)15/h1-10H. The maximum atomic E-state index is 14.9. The lowest BCUT2D eigenvalue weighted by Gasteiger charge is -2.80. The van der Waals surface area contributed by atoms with Crippen molar-refractivity contribution in [2.45, 2.75) is 26.8 Å². The van der Waals surface area contributed by atoms with Crippen molar-refractivity contribution >= 4 is 96.2 Å². The number of rotatable bonds is 3. The minimum Gasteiger partial charge on any atom is -0.333 e. The molecule has 12 heteroatoms. The van der Waals surface area contributed by atoms with Crippen LogP contribution in [0.25, 0.3) is 17.7 Å². The Bertz CT molecular complexity index is 1120. The van der Waals surface area contributed by atoms with E-state index in [-0.39, 0.29) is 5.47 Å². The van der Waals surface area contributed by atoms with Gasteiger partial charge in [-0.3, -0.25) is 4.39 Å². The van der Waals surface area contributed by atoms with Gasteiger partial charge in [0.1, 0.15) is 15.7 Å². The molecule has 2 aromatic carbocycles. The van der Waals surface area contributed by atoms with Crippen LogP contribution in [0.1, 0.15) is 22.3 Å². The highest BCUT2D eigenvalue weighted by atomic mass is 19.1. The number of likely N-dealkylation sites (tertiary alicyclic amines) is 1. The minimum absolute atomic E-state index is 0.129. The molecule has 1 heterocycles. The third kappa shape index (κ3) is 3.15. The number of hydrogen-bond donors (Lipinski definition) is 0. The van der Waals surface area contributed by atoms with Crippen LogP contribution in [0.2, 0.25) is 5.21 Å². The minimum atomic E-state index is -2.98. The number of hydrogen-bond acceptors (Lipinski definition) is 1. The maximum Gasteiger partial charge on any atom is 0.122 e. The first-order valence-electron chi connectivity index (χ1n) is 10.1. The zero-order valence-corrected chi connectivity index (χ0v) is 17.9. The van der Waals surface area contributed by atoms with Gasteiger partial charge < -0.3 is 4.90 Å². The van der Waals surface area contributed by atoms with E-state index in [1.807, 2.05) is 60.7 Å². The van der Waals surface area contributed by atoms with Gasteiger partial charge in [-0.2, -0.15) is 0 Å². The van der Waals surface area contributed by atoms with Gasteiger partial charge in [-0.25, -0.2) is 0 Å². The summed E-state index contributed by atoms with van der Waals surface area (Å²) in [5.41, 5.74) is 0.477. The Morgan fingerprint density at radius 1 is 0.727 bits per heavy atom. The Morgan fingerprint density at radius 2 is 1.12 bits per heavy atom. The summed E-state index contributed by atoms with van der Waals surface area (Å²) in [6.45, 7) is 0. The lowest BCUT2D eigenvalue weighted by Crippen LogP contribution is -2.96. The average molecular weight is 403 g/mol. The van der Waals surface area contributed by atoms with Gasteiger partial charge in [0.15, 0.2) is 0 Å². The molecule has 1 fully saturated rings. The van der Waals surface area contributed by atoms with Gasteiger partial charge in [0.05, 0.1) is 68.3 Å². The van der Waals surface area contributed by atoms with E-state index in [1.54, 1.807) is 0 Å². The topological polar surface area (TPSA) is 3.24 Å². The molecule has 20 radical (unpaired) electrons. The van der Waals surface area contributed by atoms with Crippen molar-refractivity contribution in [2.75, 3.05) is 0 Å². The molecule has 0 atom stereocenters. The van der Waals surface area contributed by atoms with Crippen molar-refractivity contribution in [2.24, 2.45) is 0 Å². The molecule has 0 amide bonds. The lowest BCUT2D eigenvalue weighted by atomic mass is 9.20. The zero-order chi connectivity index (χ0) is 24.6.